The van der Waals surface area contributed by atoms with E-state index in [4.69, 9.17) is 0 Å². The molecule has 1 N–H and O–H groups in total. The zero-order chi connectivity index (χ0) is 16.0. The minimum atomic E-state index is -0.366. The molecular formula is C16H25BrN2O2. The summed E-state index contributed by atoms with van der Waals surface area (Å²) in [6.45, 7) is 9.91. The van der Waals surface area contributed by atoms with Crippen LogP contribution in [0.4, 0.5) is 5.69 Å². The highest BCUT2D eigenvalue weighted by molar-refractivity contribution is 9.10. The maximum Gasteiger partial charge on any atom is 0.270 e. The first-order valence-corrected chi connectivity index (χ1v) is 8.21. The fraction of sp³-hybridized carbons (Fsp3) is 0.625. The molecule has 0 saturated carbocycles. The summed E-state index contributed by atoms with van der Waals surface area (Å²) in [5.74, 6) is 0. The van der Waals surface area contributed by atoms with Gasteiger partial charge in [0.1, 0.15) is 0 Å². The second kappa shape index (κ2) is 7.90. The molecule has 0 heterocycles. The number of benzene rings is 1. The predicted octanol–water partition coefficient (Wildman–Crippen LogP) is 4.70. The van der Waals surface area contributed by atoms with Gasteiger partial charge in [0.05, 0.1) is 4.92 Å². The number of halogens is 1. The van der Waals surface area contributed by atoms with Crippen LogP contribution in [0.25, 0.3) is 0 Å². The number of hydrogen-bond donors (Lipinski definition) is 1. The van der Waals surface area contributed by atoms with Gasteiger partial charge in [-0.1, -0.05) is 49.7 Å². The SMILES string of the molecule is CCCNC(CCc1ccc([N+](=O)[O-])cc1Br)C(C)(C)C. The maximum absolute atomic E-state index is 10.8. The first-order valence-electron chi connectivity index (χ1n) is 7.42. The molecule has 0 saturated heterocycles. The Kier molecular flexibility index (Phi) is 6.81. The van der Waals surface area contributed by atoms with Gasteiger partial charge in [-0.2, -0.15) is 0 Å². The minimum absolute atomic E-state index is 0.127. The summed E-state index contributed by atoms with van der Waals surface area (Å²) in [7, 11) is 0. The Morgan fingerprint density at radius 1 is 1.38 bits per heavy atom. The molecule has 0 radical (unpaired) electrons. The molecule has 4 nitrogen and oxygen atoms in total. The van der Waals surface area contributed by atoms with Crippen molar-refractivity contribution in [3.05, 3.63) is 38.3 Å². The average molecular weight is 357 g/mol. The van der Waals surface area contributed by atoms with E-state index in [0.29, 0.717) is 6.04 Å². The molecule has 0 aliphatic carbocycles. The van der Waals surface area contributed by atoms with Crippen molar-refractivity contribution in [1.29, 1.82) is 0 Å². The maximum atomic E-state index is 10.8. The van der Waals surface area contributed by atoms with E-state index in [1.54, 1.807) is 12.1 Å². The van der Waals surface area contributed by atoms with Crippen LogP contribution in [0.1, 0.15) is 46.1 Å². The zero-order valence-corrected chi connectivity index (χ0v) is 14.9. The van der Waals surface area contributed by atoms with Crippen LogP contribution in [-0.2, 0) is 6.42 Å². The second-order valence-electron chi connectivity index (χ2n) is 6.44. The average Bonchev–Trinajstić information content (AvgIpc) is 2.38. The fourth-order valence-corrected chi connectivity index (χ4v) is 2.88. The van der Waals surface area contributed by atoms with E-state index in [9.17, 15) is 10.1 Å². The number of hydrogen-bond acceptors (Lipinski definition) is 3. The lowest BCUT2D eigenvalue weighted by atomic mass is 9.83. The van der Waals surface area contributed by atoms with Crippen molar-refractivity contribution in [1.82, 2.24) is 5.32 Å². The van der Waals surface area contributed by atoms with Crippen molar-refractivity contribution in [2.75, 3.05) is 6.54 Å². The van der Waals surface area contributed by atoms with E-state index < -0.39 is 0 Å². The summed E-state index contributed by atoms with van der Waals surface area (Å²) >= 11 is 3.44. The summed E-state index contributed by atoms with van der Waals surface area (Å²) < 4.78 is 0.819. The van der Waals surface area contributed by atoms with E-state index in [2.05, 4.69) is 48.9 Å². The summed E-state index contributed by atoms with van der Waals surface area (Å²) in [5, 5.41) is 14.4. The Morgan fingerprint density at radius 3 is 2.52 bits per heavy atom. The molecule has 0 spiro atoms. The molecule has 5 heteroatoms. The van der Waals surface area contributed by atoms with E-state index in [-0.39, 0.29) is 16.0 Å². The van der Waals surface area contributed by atoms with Crippen molar-refractivity contribution in [3.8, 4) is 0 Å². The summed E-state index contributed by atoms with van der Waals surface area (Å²) in [4.78, 5) is 10.4. The molecule has 118 valence electrons. The van der Waals surface area contributed by atoms with Crippen LogP contribution in [0.5, 0.6) is 0 Å². The molecule has 1 unspecified atom stereocenters. The van der Waals surface area contributed by atoms with Crippen LogP contribution < -0.4 is 5.32 Å². The molecule has 0 fully saturated rings. The Labute approximate surface area is 135 Å². The normalized spacial score (nSPS) is 13.2. The monoisotopic (exact) mass is 356 g/mol. The molecule has 1 rings (SSSR count). The number of non-ortho nitro benzene ring substituents is 1. The topological polar surface area (TPSA) is 55.2 Å². The third kappa shape index (κ3) is 5.75. The molecule has 1 atom stereocenters. The van der Waals surface area contributed by atoms with Crippen molar-refractivity contribution >= 4 is 21.6 Å². The van der Waals surface area contributed by atoms with Gasteiger partial charge in [0.15, 0.2) is 0 Å². The molecule has 0 aliphatic rings. The van der Waals surface area contributed by atoms with Gasteiger partial charge in [0.2, 0.25) is 0 Å². The van der Waals surface area contributed by atoms with Crippen LogP contribution in [0, 0.1) is 15.5 Å². The largest absolute Gasteiger partial charge is 0.313 e. The van der Waals surface area contributed by atoms with Crippen LogP contribution in [0.15, 0.2) is 22.7 Å². The lowest BCUT2D eigenvalue weighted by molar-refractivity contribution is -0.384. The Hall–Kier alpha value is -0.940. The Morgan fingerprint density at radius 2 is 2.05 bits per heavy atom. The third-order valence-corrected chi connectivity index (χ3v) is 4.37. The van der Waals surface area contributed by atoms with Crippen LogP contribution in [-0.4, -0.2) is 17.5 Å². The van der Waals surface area contributed by atoms with Gasteiger partial charge < -0.3 is 5.32 Å². The summed E-state index contributed by atoms with van der Waals surface area (Å²) in [5.41, 5.74) is 1.44. The minimum Gasteiger partial charge on any atom is -0.313 e. The number of rotatable bonds is 7. The quantitative estimate of drug-likeness (QED) is 0.568. The van der Waals surface area contributed by atoms with Crippen LogP contribution in [0.2, 0.25) is 0 Å². The fourth-order valence-electron chi connectivity index (χ4n) is 2.31. The van der Waals surface area contributed by atoms with Crippen molar-refractivity contribution < 1.29 is 4.92 Å². The van der Waals surface area contributed by atoms with E-state index in [1.807, 2.05) is 6.07 Å². The lowest BCUT2D eigenvalue weighted by Crippen LogP contribution is -2.41. The number of nitro groups is 1. The molecule has 0 aromatic heterocycles. The Balaban J connectivity index is 2.73. The van der Waals surface area contributed by atoms with Crippen LogP contribution in [0.3, 0.4) is 0 Å². The van der Waals surface area contributed by atoms with Gasteiger partial charge >= 0.3 is 0 Å². The van der Waals surface area contributed by atoms with Gasteiger partial charge in [-0.15, -0.1) is 0 Å². The van der Waals surface area contributed by atoms with Crippen LogP contribution >= 0.6 is 15.9 Å². The van der Waals surface area contributed by atoms with Crippen molar-refractivity contribution in [2.24, 2.45) is 5.41 Å². The standard InChI is InChI=1S/C16H25BrN2O2/c1-5-10-18-15(16(2,3)4)9-7-12-6-8-13(19(20)21)11-14(12)17/h6,8,11,15,18H,5,7,9-10H2,1-4H3. The lowest BCUT2D eigenvalue weighted by Gasteiger charge is -2.32. The molecule has 0 aliphatic heterocycles. The second-order valence-corrected chi connectivity index (χ2v) is 7.30. The number of nitrogens with one attached hydrogen (secondary N) is 1. The van der Waals surface area contributed by atoms with Gasteiger partial charge in [0.25, 0.3) is 5.69 Å². The number of aryl methyl sites for hydroxylation is 1. The molecule has 1 aromatic rings. The summed E-state index contributed by atoms with van der Waals surface area (Å²) in [6, 6.07) is 5.44. The zero-order valence-electron chi connectivity index (χ0n) is 13.3. The van der Waals surface area contributed by atoms with E-state index >= 15 is 0 Å². The van der Waals surface area contributed by atoms with Crippen molar-refractivity contribution in [3.63, 3.8) is 0 Å². The van der Waals surface area contributed by atoms with Gasteiger partial charge in [-0.25, -0.2) is 0 Å². The molecule has 21 heavy (non-hydrogen) atoms. The molecule has 1 aromatic carbocycles. The number of nitro benzene ring substituents is 1. The first-order chi connectivity index (χ1) is 9.75. The van der Waals surface area contributed by atoms with Gasteiger partial charge in [-0.05, 0) is 36.8 Å². The summed E-state index contributed by atoms with van der Waals surface area (Å²) in [6.07, 6.45) is 3.03. The van der Waals surface area contributed by atoms with Crippen molar-refractivity contribution in [2.45, 2.75) is 53.0 Å². The predicted molar refractivity (Wildman–Crippen MR) is 90.7 cm³/mol. The van der Waals surface area contributed by atoms with E-state index in [1.165, 1.54) is 0 Å². The number of nitrogens with zero attached hydrogens (tertiary/aromatic N) is 1. The highest BCUT2D eigenvalue weighted by Gasteiger charge is 2.23. The van der Waals surface area contributed by atoms with Gasteiger partial charge in [-0.3, -0.25) is 10.1 Å². The highest BCUT2D eigenvalue weighted by atomic mass is 79.9. The molecule has 0 amide bonds. The smallest absolute Gasteiger partial charge is 0.270 e. The third-order valence-electron chi connectivity index (χ3n) is 3.64. The molecular weight excluding hydrogens is 332 g/mol. The van der Waals surface area contributed by atoms with Gasteiger partial charge in [0, 0.05) is 22.6 Å². The highest BCUT2D eigenvalue weighted by Crippen LogP contribution is 2.27. The Bertz CT molecular complexity index is 484. The molecule has 0 bridgehead atoms. The van der Waals surface area contributed by atoms with E-state index in [0.717, 1.165) is 35.8 Å². The first kappa shape index (κ1) is 18.1.